The maximum absolute atomic E-state index is 4.38. The molecule has 3 rings (SSSR count). The third kappa shape index (κ3) is 3.85. The van der Waals surface area contributed by atoms with E-state index in [-0.39, 0.29) is 0 Å². The van der Waals surface area contributed by atoms with E-state index < -0.39 is 0 Å². The van der Waals surface area contributed by atoms with E-state index in [1.807, 2.05) is 50.2 Å². The normalized spacial score (nSPS) is 12.2. The van der Waals surface area contributed by atoms with Crippen LogP contribution in [0.15, 0.2) is 95.1 Å². The highest BCUT2D eigenvalue weighted by Gasteiger charge is 2.00. The van der Waals surface area contributed by atoms with Gasteiger partial charge in [0, 0.05) is 0 Å². The number of rotatable bonds is 4. The van der Waals surface area contributed by atoms with Gasteiger partial charge in [0.05, 0.1) is 11.4 Å². The second kappa shape index (κ2) is 7.51. The van der Waals surface area contributed by atoms with Crippen LogP contribution in [-0.2, 0) is 0 Å². The van der Waals surface area contributed by atoms with Crippen LogP contribution in [0, 0.1) is 0 Å². The van der Waals surface area contributed by atoms with Crippen LogP contribution in [0.4, 0.5) is 0 Å². The SMILES string of the molecule is C/C(=N/N=C(/C)c1ccc(-c2ccccc2)cc1)c1ccccc1. The van der Waals surface area contributed by atoms with Gasteiger partial charge in [-0.25, -0.2) is 0 Å². The van der Waals surface area contributed by atoms with Crippen LogP contribution in [0.3, 0.4) is 0 Å². The molecular formula is C22H20N2. The summed E-state index contributed by atoms with van der Waals surface area (Å²) in [5.41, 5.74) is 6.42. The molecule has 0 atom stereocenters. The van der Waals surface area contributed by atoms with Crippen molar-refractivity contribution in [1.82, 2.24) is 0 Å². The molecule has 0 aliphatic carbocycles. The molecule has 0 aliphatic heterocycles. The number of hydrogen-bond donors (Lipinski definition) is 0. The van der Waals surface area contributed by atoms with Crippen molar-refractivity contribution in [2.24, 2.45) is 10.2 Å². The Hall–Kier alpha value is -3.00. The average molecular weight is 312 g/mol. The van der Waals surface area contributed by atoms with E-state index in [9.17, 15) is 0 Å². The molecule has 0 radical (unpaired) electrons. The van der Waals surface area contributed by atoms with E-state index in [0.717, 1.165) is 22.6 Å². The molecule has 2 heteroatoms. The predicted octanol–water partition coefficient (Wildman–Crippen LogP) is 5.59. The first-order chi connectivity index (χ1) is 11.7. The van der Waals surface area contributed by atoms with Crippen molar-refractivity contribution in [3.8, 4) is 11.1 Å². The smallest absolute Gasteiger partial charge is 0.0671 e. The zero-order chi connectivity index (χ0) is 16.8. The topological polar surface area (TPSA) is 24.7 Å². The van der Waals surface area contributed by atoms with Gasteiger partial charge in [-0.3, -0.25) is 0 Å². The molecule has 0 amide bonds. The summed E-state index contributed by atoms with van der Waals surface area (Å²) in [6.45, 7) is 3.96. The van der Waals surface area contributed by atoms with E-state index >= 15 is 0 Å². The standard InChI is InChI=1S/C22H20N2/c1-17(19-9-5-3-6-10-19)23-24-18(2)20-13-15-22(16-14-20)21-11-7-4-8-12-21/h3-16H,1-2H3/b23-17-,24-18-. The quantitative estimate of drug-likeness (QED) is 0.443. The van der Waals surface area contributed by atoms with Crippen LogP contribution in [0.2, 0.25) is 0 Å². The number of nitrogens with zero attached hydrogens (tertiary/aromatic N) is 2. The fraction of sp³-hybridized carbons (Fsp3) is 0.0909. The second-order valence-electron chi connectivity index (χ2n) is 5.68. The Labute approximate surface area is 143 Å². The van der Waals surface area contributed by atoms with Crippen LogP contribution in [0.25, 0.3) is 11.1 Å². The van der Waals surface area contributed by atoms with E-state index in [0.29, 0.717) is 0 Å². The Morgan fingerprint density at radius 2 is 0.917 bits per heavy atom. The summed E-state index contributed by atoms with van der Waals surface area (Å²) in [6.07, 6.45) is 0. The van der Waals surface area contributed by atoms with Gasteiger partial charge < -0.3 is 0 Å². The van der Waals surface area contributed by atoms with Gasteiger partial charge in [0.15, 0.2) is 0 Å². The zero-order valence-corrected chi connectivity index (χ0v) is 14.0. The molecule has 0 aromatic heterocycles. The molecule has 0 N–H and O–H groups in total. The molecule has 3 aromatic rings. The maximum Gasteiger partial charge on any atom is 0.0671 e. The van der Waals surface area contributed by atoms with Crippen LogP contribution in [0.5, 0.6) is 0 Å². The van der Waals surface area contributed by atoms with E-state index in [1.54, 1.807) is 0 Å². The Morgan fingerprint density at radius 1 is 0.500 bits per heavy atom. The van der Waals surface area contributed by atoms with Crippen LogP contribution < -0.4 is 0 Å². The minimum absolute atomic E-state index is 0.907. The highest BCUT2D eigenvalue weighted by molar-refractivity contribution is 6.01. The predicted molar refractivity (Wildman–Crippen MR) is 103 cm³/mol. The zero-order valence-electron chi connectivity index (χ0n) is 14.0. The lowest BCUT2D eigenvalue weighted by Crippen LogP contribution is -1.96. The minimum Gasteiger partial charge on any atom is -0.155 e. The van der Waals surface area contributed by atoms with Crippen molar-refractivity contribution < 1.29 is 0 Å². The highest BCUT2D eigenvalue weighted by atomic mass is 15.2. The van der Waals surface area contributed by atoms with Crippen LogP contribution in [-0.4, -0.2) is 11.4 Å². The van der Waals surface area contributed by atoms with Gasteiger partial charge in [0.2, 0.25) is 0 Å². The summed E-state index contributed by atoms with van der Waals surface area (Å²) in [5, 5.41) is 8.73. The van der Waals surface area contributed by atoms with Gasteiger partial charge in [-0.05, 0) is 36.1 Å². The summed E-state index contributed by atoms with van der Waals surface area (Å²) >= 11 is 0. The van der Waals surface area contributed by atoms with Crippen LogP contribution >= 0.6 is 0 Å². The molecule has 118 valence electrons. The summed E-state index contributed by atoms with van der Waals surface area (Å²) in [5.74, 6) is 0. The Balaban J connectivity index is 1.79. The Kier molecular flexibility index (Phi) is 4.97. The molecule has 0 aliphatic rings. The fourth-order valence-electron chi connectivity index (χ4n) is 2.48. The summed E-state index contributed by atoms with van der Waals surface area (Å²) < 4.78 is 0. The largest absolute Gasteiger partial charge is 0.155 e. The van der Waals surface area contributed by atoms with Gasteiger partial charge in [-0.15, -0.1) is 0 Å². The first-order valence-electron chi connectivity index (χ1n) is 8.04. The first-order valence-corrected chi connectivity index (χ1v) is 8.04. The van der Waals surface area contributed by atoms with Crippen LogP contribution in [0.1, 0.15) is 25.0 Å². The molecule has 0 spiro atoms. The van der Waals surface area contributed by atoms with Crippen molar-refractivity contribution in [1.29, 1.82) is 0 Å². The van der Waals surface area contributed by atoms with Gasteiger partial charge in [-0.1, -0.05) is 84.9 Å². The molecule has 0 unspecified atom stereocenters. The van der Waals surface area contributed by atoms with Gasteiger partial charge in [0.1, 0.15) is 0 Å². The minimum atomic E-state index is 0.907. The number of benzene rings is 3. The van der Waals surface area contributed by atoms with Crippen molar-refractivity contribution in [3.05, 3.63) is 96.1 Å². The fourth-order valence-corrected chi connectivity index (χ4v) is 2.48. The maximum atomic E-state index is 4.38. The van der Waals surface area contributed by atoms with Gasteiger partial charge >= 0.3 is 0 Å². The molecular weight excluding hydrogens is 292 g/mol. The molecule has 2 nitrogen and oxygen atoms in total. The summed E-state index contributed by atoms with van der Waals surface area (Å²) in [7, 11) is 0. The Morgan fingerprint density at radius 3 is 1.46 bits per heavy atom. The first kappa shape index (κ1) is 15.9. The molecule has 0 fully saturated rings. The number of hydrogen-bond acceptors (Lipinski definition) is 2. The van der Waals surface area contributed by atoms with E-state index in [2.05, 4.69) is 58.7 Å². The lowest BCUT2D eigenvalue weighted by atomic mass is 10.0. The monoisotopic (exact) mass is 312 g/mol. The molecule has 0 saturated carbocycles. The third-order valence-electron chi connectivity index (χ3n) is 3.95. The molecule has 24 heavy (non-hydrogen) atoms. The van der Waals surface area contributed by atoms with Crippen molar-refractivity contribution >= 4 is 11.4 Å². The Bertz CT molecular complexity index is 845. The molecule has 0 heterocycles. The van der Waals surface area contributed by atoms with E-state index in [4.69, 9.17) is 0 Å². The van der Waals surface area contributed by atoms with Crippen molar-refractivity contribution in [2.45, 2.75) is 13.8 Å². The second-order valence-corrected chi connectivity index (χ2v) is 5.68. The highest BCUT2D eigenvalue weighted by Crippen LogP contribution is 2.19. The lowest BCUT2D eigenvalue weighted by molar-refractivity contribution is 1.22. The lowest BCUT2D eigenvalue weighted by Gasteiger charge is -2.04. The molecule has 3 aromatic carbocycles. The summed E-state index contributed by atoms with van der Waals surface area (Å²) in [4.78, 5) is 0. The molecule has 0 saturated heterocycles. The molecule has 0 bridgehead atoms. The third-order valence-corrected chi connectivity index (χ3v) is 3.95. The van der Waals surface area contributed by atoms with E-state index in [1.165, 1.54) is 11.1 Å². The van der Waals surface area contributed by atoms with Gasteiger partial charge in [0.25, 0.3) is 0 Å². The van der Waals surface area contributed by atoms with Crippen molar-refractivity contribution in [2.75, 3.05) is 0 Å². The summed E-state index contributed by atoms with van der Waals surface area (Å²) in [6, 6.07) is 28.9. The average Bonchev–Trinajstić information content (AvgIpc) is 2.67. The van der Waals surface area contributed by atoms with Gasteiger partial charge in [-0.2, -0.15) is 10.2 Å². The van der Waals surface area contributed by atoms with Crippen molar-refractivity contribution in [3.63, 3.8) is 0 Å².